The Balaban J connectivity index is 1.34. The van der Waals surface area contributed by atoms with E-state index in [1.54, 1.807) is 6.20 Å². The van der Waals surface area contributed by atoms with Crippen molar-refractivity contribution < 1.29 is 8.78 Å². The molecule has 0 aliphatic rings. The largest absolute Gasteiger partial charge is 0.338 e. The summed E-state index contributed by atoms with van der Waals surface area (Å²) in [6, 6.07) is 13.5. The smallest absolute Gasteiger partial charge is 0.229 e. The molecule has 0 saturated heterocycles. The number of rotatable bonds is 5. The molecule has 0 aliphatic heterocycles. The van der Waals surface area contributed by atoms with Gasteiger partial charge in [-0.15, -0.1) is 0 Å². The molecule has 0 atom stereocenters. The van der Waals surface area contributed by atoms with Gasteiger partial charge in [0.25, 0.3) is 0 Å². The Morgan fingerprint density at radius 3 is 2.36 bits per heavy atom. The summed E-state index contributed by atoms with van der Waals surface area (Å²) in [5.41, 5.74) is 3.44. The van der Waals surface area contributed by atoms with E-state index in [1.165, 1.54) is 0 Å². The number of nitrogens with zero attached hydrogens (tertiary/aromatic N) is 6. The molecular formula is C26H26F2N8. The lowest BCUT2D eigenvalue weighted by atomic mass is 9.92. The van der Waals surface area contributed by atoms with Crippen LogP contribution in [0.15, 0.2) is 54.7 Å². The molecule has 5 aromatic rings. The first kappa shape index (κ1) is 23.4. The van der Waals surface area contributed by atoms with Gasteiger partial charge in [0.2, 0.25) is 5.95 Å². The molecule has 5 rings (SSSR count). The standard InChI is InChI=1S/C26H26F2N8/c1-26(2,3)21-14-23(34-36(21)5)35(4)22-10-11-29-25(33-22)30-16-8-6-15(7-9-16)24-31-19-12-17(27)18(28)13-20(19)32-24/h6-14H,1-5H3,(H,31,32)(H,29,30,33). The molecule has 8 nitrogen and oxygen atoms in total. The van der Waals surface area contributed by atoms with E-state index in [4.69, 9.17) is 0 Å². The minimum Gasteiger partial charge on any atom is -0.338 e. The third kappa shape index (κ3) is 4.49. The average molecular weight is 489 g/mol. The molecule has 3 aromatic heterocycles. The summed E-state index contributed by atoms with van der Waals surface area (Å²) in [5.74, 6) is 0.611. The van der Waals surface area contributed by atoms with Gasteiger partial charge in [0.15, 0.2) is 17.5 Å². The van der Waals surface area contributed by atoms with Crippen LogP contribution in [0.2, 0.25) is 0 Å². The second-order valence-corrected chi connectivity index (χ2v) is 9.63. The van der Waals surface area contributed by atoms with Gasteiger partial charge in [0.05, 0.1) is 11.0 Å². The van der Waals surface area contributed by atoms with Crippen LogP contribution in [0.1, 0.15) is 26.5 Å². The van der Waals surface area contributed by atoms with Crippen molar-refractivity contribution in [2.24, 2.45) is 7.05 Å². The number of aromatic amines is 1. The van der Waals surface area contributed by atoms with Crippen LogP contribution < -0.4 is 10.2 Å². The summed E-state index contributed by atoms with van der Waals surface area (Å²) in [7, 11) is 3.86. The summed E-state index contributed by atoms with van der Waals surface area (Å²) in [6.45, 7) is 6.46. The van der Waals surface area contributed by atoms with Gasteiger partial charge in [0.1, 0.15) is 11.6 Å². The van der Waals surface area contributed by atoms with Crippen LogP contribution in [0.25, 0.3) is 22.4 Å². The quantitative estimate of drug-likeness (QED) is 0.323. The highest BCUT2D eigenvalue weighted by Gasteiger charge is 2.21. The number of hydrogen-bond acceptors (Lipinski definition) is 6. The maximum Gasteiger partial charge on any atom is 0.229 e. The molecule has 184 valence electrons. The van der Waals surface area contributed by atoms with Crippen LogP contribution in [0.4, 0.5) is 32.1 Å². The second kappa shape index (κ2) is 8.71. The van der Waals surface area contributed by atoms with Crippen LogP contribution in [0.5, 0.6) is 0 Å². The van der Waals surface area contributed by atoms with Crippen molar-refractivity contribution in [1.82, 2.24) is 29.7 Å². The molecule has 2 N–H and O–H groups in total. The first-order chi connectivity index (χ1) is 17.1. The van der Waals surface area contributed by atoms with Crippen molar-refractivity contribution in [2.45, 2.75) is 26.2 Å². The van der Waals surface area contributed by atoms with E-state index in [1.807, 2.05) is 54.0 Å². The van der Waals surface area contributed by atoms with Crippen molar-refractivity contribution >= 4 is 34.3 Å². The number of benzene rings is 2. The predicted octanol–water partition coefficient (Wildman–Crippen LogP) is 5.84. The van der Waals surface area contributed by atoms with E-state index < -0.39 is 11.6 Å². The third-order valence-corrected chi connectivity index (χ3v) is 5.90. The first-order valence-electron chi connectivity index (χ1n) is 11.4. The molecule has 0 unspecified atom stereocenters. The molecule has 0 spiro atoms. The van der Waals surface area contributed by atoms with E-state index in [0.717, 1.165) is 34.9 Å². The zero-order chi connectivity index (χ0) is 25.6. The number of imidazole rings is 1. The Hall–Kier alpha value is -4.34. The van der Waals surface area contributed by atoms with Crippen molar-refractivity contribution in [2.75, 3.05) is 17.3 Å². The number of aryl methyl sites for hydroxylation is 1. The normalized spacial score (nSPS) is 11.8. The fraction of sp³-hybridized carbons (Fsp3) is 0.231. The molecule has 2 aromatic carbocycles. The SMILES string of the molecule is CN(c1ccnc(Nc2ccc(-c3nc4cc(F)c(F)cc4[nH]3)cc2)n1)c1cc(C(C)(C)C)n(C)n1. The van der Waals surface area contributed by atoms with Gasteiger partial charge < -0.3 is 15.2 Å². The number of halogens is 2. The van der Waals surface area contributed by atoms with Crippen LogP contribution in [0.3, 0.4) is 0 Å². The van der Waals surface area contributed by atoms with Crippen LogP contribution in [-0.2, 0) is 12.5 Å². The number of hydrogen-bond donors (Lipinski definition) is 2. The van der Waals surface area contributed by atoms with Crippen molar-refractivity contribution in [3.8, 4) is 11.4 Å². The van der Waals surface area contributed by atoms with E-state index in [0.29, 0.717) is 28.6 Å². The van der Waals surface area contributed by atoms with Crippen molar-refractivity contribution in [1.29, 1.82) is 0 Å². The lowest BCUT2D eigenvalue weighted by Gasteiger charge is -2.18. The van der Waals surface area contributed by atoms with E-state index >= 15 is 0 Å². The van der Waals surface area contributed by atoms with Gasteiger partial charge in [0, 0.05) is 60.9 Å². The Morgan fingerprint density at radius 1 is 0.944 bits per heavy atom. The van der Waals surface area contributed by atoms with Gasteiger partial charge in [-0.2, -0.15) is 10.1 Å². The number of H-pyrrole nitrogens is 1. The van der Waals surface area contributed by atoms with Crippen molar-refractivity contribution in [3.05, 3.63) is 72.1 Å². The molecule has 10 heteroatoms. The summed E-state index contributed by atoms with van der Waals surface area (Å²) < 4.78 is 28.9. The fourth-order valence-corrected chi connectivity index (χ4v) is 4.01. The number of fused-ring (bicyclic) bond motifs is 1. The summed E-state index contributed by atoms with van der Waals surface area (Å²) in [4.78, 5) is 18.3. The third-order valence-electron chi connectivity index (χ3n) is 5.90. The molecule has 0 radical (unpaired) electrons. The Kier molecular flexibility index (Phi) is 5.66. The number of aromatic nitrogens is 6. The molecule has 0 bridgehead atoms. The summed E-state index contributed by atoms with van der Waals surface area (Å²) in [5, 5.41) is 7.85. The Labute approximate surface area is 207 Å². The maximum absolute atomic E-state index is 13.5. The topological polar surface area (TPSA) is 87.5 Å². The molecule has 3 heterocycles. The van der Waals surface area contributed by atoms with Crippen LogP contribution in [-0.4, -0.2) is 36.8 Å². The highest BCUT2D eigenvalue weighted by molar-refractivity contribution is 5.79. The van der Waals surface area contributed by atoms with E-state index in [-0.39, 0.29) is 5.41 Å². The van der Waals surface area contributed by atoms with Crippen LogP contribution in [0, 0.1) is 11.6 Å². The zero-order valence-electron chi connectivity index (χ0n) is 20.6. The van der Waals surface area contributed by atoms with Gasteiger partial charge in [-0.05, 0) is 30.3 Å². The predicted molar refractivity (Wildman–Crippen MR) is 137 cm³/mol. The highest BCUT2D eigenvalue weighted by Crippen LogP contribution is 2.29. The van der Waals surface area contributed by atoms with Gasteiger partial charge in [-0.25, -0.2) is 18.7 Å². The highest BCUT2D eigenvalue weighted by atomic mass is 19.2. The monoisotopic (exact) mass is 488 g/mol. The Bertz CT molecular complexity index is 1510. The van der Waals surface area contributed by atoms with Gasteiger partial charge in [-0.1, -0.05) is 20.8 Å². The Morgan fingerprint density at radius 2 is 1.67 bits per heavy atom. The lowest BCUT2D eigenvalue weighted by molar-refractivity contribution is 0.510. The molecule has 0 saturated carbocycles. The molecular weight excluding hydrogens is 462 g/mol. The summed E-state index contributed by atoms with van der Waals surface area (Å²) >= 11 is 0. The minimum absolute atomic E-state index is 0.0276. The second-order valence-electron chi connectivity index (χ2n) is 9.63. The van der Waals surface area contributed by atoms with E-state index in [9.17, 15) is 8.78 Å². The molecule has 0 aliphatic carbocycles. The van der Waals surface area contributed by atoms with Gasteiger partial charge >= 0.3 is 0 Å². The molecule has 0 amide bonds. The van der Waals surface area contributed by atoms with Crippen LogP contribution >= 0.6 is 0 Å². The van der Waals surface area contributed by atoms with E-state index in [2.05, 4.69) is 57.2 Å². The van der Waals surface area contributed by atoms with Crippen molar-refractivity contribution in [3.63, 3.8) is 0 Å². The number of anilines is 4. The number of nitrogens with one attached hydrogen (secondary N) is 2. The zero-order valence-corrected chi connectivity index (χ0v) is 20.6. The van der Waals surface area contributed by atoms with Gasteiger partial charge in [-0.3, -0.25) is 4.68 Å². The molecule has 0 fully saturated rings. The molecule has 36 heavy (non-hydrogen) atoms. The maximum atomic E-state index is 13.5. The summed E-state index contributed by atoms with van der Waals surface area (Å²) in [6.07, 6.45) is 1.69. The average Bonchev–Trinajstić information content (AvgIpc) is 3.43. The fourth-order valence-electron chi connectivity index (χ4n) is 4.01. The minimum atomic E-state index is -0.925. The lowest BCUT2D eigenvalue weighted by Crippen LogP contribution is -2.16. The first-order valence-corrected chi connectivity index (χ1v) is 11.4.